The van der Waals surface area contributed by atoms with E-state index >= 15 is 0 Å². The molecule has 0 aliphatic heterocycles. The van der Waals surface area contributed by atoms with Crippen molar-refractivity contribution in [2.75, 3.05) is 7.11 Å². The van der Waals surface area contributed by atoms with Gasteiger partial charge in [0.1, 0.15) is 17.9 Å². The van der Waals surface area contributed by atoms with Crippen molar-refractivity contribution in [2.24, 2.45) is 5.73 Å². The first-order valence-electron chi connectivity index (χ1n) is 5.71. The molecule has 0 radical (unpaired) electrons. The maximum atomic E-state index is 5.67. The molecule has 2 heterocycles. The zero-order chi connectivity index (χ0) is 12.3. The molecule has 6 nitrogen and oxygen atoms in total. The van der Waals surface area contributed by atoms with Crippen LogP contribution in [0.5, 0.6) is 0 Å². The third-order valence-electron chi connectivity index (χ3n) is 2.53. The predicted octanol–water partition coefficient (Wildman–Crippen LogP) is 0.682. The fourth-order valence-corrected chi connectivity index (χ4v) is 1.79. The molecule has 0 spiro atoms. The quantitative estimate of drug-likeness (QED) is 0.824. The SMILES string of the molecule is CCCc1nc(CN)n2nc(COC)ncc12. The van der Waals surface area contributed by atoms with E-state index < -0.39 is 0 Å². The Morgan fingerprint density at radius 2 is 2.29 bits per heavy atom. The summed E-state index contributed by atoms with van der Waals surface area (Å²) in [7, 11) is 1.62. The lowest BCUT2D eigenvalue weighted by atomic mass is 10.2. The summed E-state index contributed by atoms with van der Waals surface area (Å²) in [6.45, 7) is 2.88. The Balaban J connectivity index is 2.51. The van der Waals surface area contributed by atoms with Crippen LogP contribution in [-0.4, -0.2) is 26.7 Å². The standard InChI is InChI=1S/C11H17N5O/c1-3-4-8-9-6-13-10(7-17-2)15-16(9)11(5-12)14-8/h6H,3-5,7,12H2,1-2H3. The molecule has 0 aliphatic rings. The molecule has 0 aliphatic carbocycles. The first-order chi connectivity index (χ1) is 8.30. The van der Waals surface area contributed by atoms with Gasteiger partial charge < -0.3 is 10.5 Å². The Labute approximate surface area is 99.8 Å². The van der Waals surface area contributed by atoms with Crippen molar-refractivity contribution in [3.8, 4) is 0 Å². The van der Waals surface area contributed by atoms with E-state index in [9.17, 15) is 0 Å². The van der Waals surface area contributed by atoms with Gasteiger partial charge in [0.25, 0.3) is 0 Å². The molecule has 2 aromatic rings. The number of hydrogen-bond donors (Lipinski definition) is 1. The number of nitrogens with zero attached hydrogens (tertiary/aromatic N) is 4. The van der Waals surface area contributed by atoms with Gasteiger partial charge in [0.05, 0.1) is 18.4 Å². The van der Waals surface area contributed by atoms with Crippen LogP contribution >= 0.6 is 0 Å². The Bertz CT molecular complexity index is 508. The molecule has 0 aromatic carbocycles. The van der Waals surface area contributed by atoms with Crippen molar-refractivity contribution in [3.63, 3.8) is 0 Å². The Kier molecular flexibility index (Phi) is 3.65. The number of fused-ring (bicyclic) bond motifs is 1. The van der Waals surface area contributed by atoms with Crippen molar-refractivity contribution in [1.82, 2.24) is 19.6 Å². The van der Waals surface area contributed by atoms with E-state index in [0.717, 1.165) is 29.9 Å². The molecule has 0 saturated heterocycles. The van der Waals surface area contributed by atoms with E-state index in [-0.39, 0.29) is 0 Å². The zero-order valence-electron chi connectivity index (χ0n) is 10.2. The van der Waals surface area contributed by atoms with Crippen molar-refractivity contribution in [2.45, 2.75) is 32.9 Å². The van der Waals surface area contributed by atoms with Gasteiger partial charge in [0.15, 0.2) is 5.82 Å². The van der Waals surface area contributed by atoms with Crippen molar-refractivity contribution in [1.29, 1.82) is 0 Å². The van der Waals surface area contributed by atoms with Crippen LogP contribution < -0.4 is 5.73 Å². The van der Waals surface area contributed by atoms with E-state index in [2.05, 4.69) is 22.0 Å². The largest absolute Gasteiger partial charge is 0.377 e. The normalized spacial score (nSPS) is 11.2. The summed E-state index contributed by atoms with van der Waals surface area (Å²) in [5.74, 6) is 1.40. The second kappa shape index (κ2) is 5.20. The monoisotopic (exact) mass is 235 g/mol. The van der Waals surface area contributed by atoms with Gasteiger partial charge in [-0.15, -0.1) is 5.10 Å². The van der Waals surface area contributed by atoms with Crippen LogP contribution in [0.2, 0.25) is 0 Å². The molecule has 17 heavy (non-hydrogen) atoms. The van der Waals surface area contributed by atoms with Crippen molar-refractivity contribution in [3.05, 3.63) is 23.5 Å². The highest BCUT2D eigenvalue weighted by molar-refractivity contribution is 5.50. The van der Waals surface area contributed by atoms with E-state index in [1.165, 1.54) is 0 Å². The summed E-state index contributed by atoms with van der Waals surface area (Å²) >= 11 is 0. The molecule has 0 unspecified atom stereocenters. The number of aromatic nitrogens is 4. The minimum absolute atomic E-state index is 0.369. The van der Waals surface area contributed by atoms with Crippen LogP contribution in [0.1, 0.15) is 30.7 Å². The minimum Gasteiger partial charge on any atom is -0.377 e. The fraction of sp³-hybridized carbons (Fsp3) is 0.545. The molecule has 2 N–H and O–H groups in total. The molecule has 6 heteroatoms. The highest BCUT2D eigenvalue weighted by Gasteiger charge is 2.11. The van der Waals surface area contributed by atoms with Crippen LogP contribution in [0.25, 0.3) is 5.52 Å². The van der Waals surface area contributed by atoms with E-state index in [1.807, 2.05) is 0 Å². The highest BCUT2D eigenvalue weighted by Crippen LogP contribution is 2.13. The van der Waals surface area contributed by atoms with Gasteiger partial charge in [-0.05, 0) is 6.42 Å². The van der Waals surface area contributed by atoms with Gasteiger partial charge in [-0.25, -0.2) is 14.5 Å². The first-order valence-corrected chi connectivity index (χ1v) is 5.71. The Morgan fingerprint density at radius 1 is 1.47 bits per heavy atom. The number of imidazole rings is 1. The van der Waals surface area contributed by atoms with E-state index in [0.29, 0.717) is 19.0 Å². The lowest BCUT2D eigenvalue weighted by molar-refractivity contribution is 0.176. The molecular formula is C11H17N5O. The van der Waals surface area contributed by atoms with Crippen molar-refractivity contribution >= 4 is 5.52 Å². The topological polar surface area (TPSA) is 78.3 Å². The summed E-state index contributed by atoms with van der Waals surface area (Å²) in [6.07, 6.45) is 3.74. The minimum atomic E-state index is 0.369. The van der Waals surface area contributed by atoms with Gasteiger partial charge in [-0.1, -0.05) is 13.3 Å². The summed E-state index contributed by atoms with van der Waals surface area (Å²) in [4.78, 5) is 8.74. The van der Waals surface area contributed by atoms with Gasteiger partial charge in [0.2, 0.25) is 0 Å². The van der Waals surface area contributed by atoms with Crippen molar-refractivity contribution < 1.29 is 4.74 Å². The van der Waals surface area contributed by atoms with Crippen LogP contribution in [0.4, 0.5) is 0 Å². The third kappa shape index (κ3) is 2.27. The number of rotatable bonds is 5. The molecule has 2 rings (SSSR count). The maximum absolute atomic E-state index is 5.67. The number of methoxy groups -OCH3 is 1. The first kappa shape index (κ1) is 11.9. The summed E-state index contributed by atoms with van der Waals surface area (Å²) < 4.78 is 6.78. The molecular weight excluding hydrogens is 218 g/mol. The number of aryl methyl sites for hydroxylation is 1. The highest BCUT2D eigenvalue weighted by atomic mass is 16.5. The molecule has 0 fully saturated rings. The van der Waals surface area contributed by atoms with E-state index in [4.69, 9.17) is 10.5 Å². The van der Waals surface area contributed by atoms with Crippen LogP contribution in [0.15, 0.2) is 6.20 Å². The molecule has 0 bridgehead atoms. The average molecular weight is 235 g/mol. The van der Waals surface area contributed by atoms with Gasteiger partial charge in [0, 0.05) is 7.11 Å². The second-order valence-electron chi connectivity index (χ2n) is 3.83. The summed E-state index contributed by atoms with van der Waals surface area (Å²) in [5.41, 5.74) is 7.62. The van der Waals surface area contributed by atoms with Gasteiger partial charge in [-0.3, -0.25) is 0 Å². The predicted molar refractivity (Wildman–Crippen MR) is 63.4 cm³/mol. The fourth-order valence-electron chi connectivity index (χ4n) is 1.79. The second-order valence-corrected chi connectivity index (χ2v) is 3.83. The average Bonchev–Trinajstić information content (AvgIpc) is 2.68. The molecule has 0 amide bonds. The smallest absolute Gasteiger partial charge is 0.175 e. The molecule has 0 atom stereocenters. The lowest BCUT2D eigenvalue weighted by Gasteiger charge is -2.01. The van der Waals surface area contributed by atoms with Crippen LogP contribution in [0.3, 0.4) is 0 Å². The molecule has 2 aromatic heterocycles. The van der Waals surface area contributed by atoms with Crippen LogP contribution in [0, 0.1) is 0 Å². The van der Waals surface area contributed by atoms with E-state index in [1.54, 1.807) is 17.8 Å². The number of hydrogen-bond acceptors (Lipinski definition) is 5. The zero-order valence-corrected chi connectivity index (χ0v) is 10.2. The Morgan fingerprint density at radius 3 is 2.94 bits per heavy atom. The maximum Gasteiger partial charge on any atom is 0.175 e. The third-order valence-corrected chi connectivity index (χ3v) is 2.53. The Hall–Kier alpha value is -1.53. The summed E-state index contributed by atoms with van der Waals surface area (Å²) in [5, 5.41) is 4.38. The molecule has 0 saturated carbocycles. The van der Waals surface area contributed by atoms with Gasteiger partial charge in [-0.2, -0.15) is 0 Å². The van der Waals surface area contributed by atoms with Gasteiger partial charge >= 0.3 is 0 Å². The summed E-state index contributed by atoms with van der Waals surface area (Å²) in [6, 6.07) is 0. The molecule has 92 valence electrons. The lowest BCUT2D eigenvalue weighted by Crippen LogP contribution is -2.08. The van der Waals surface area contributed by atoms with Crippen LogP contribution in [-0.2, 0) is 24.3 Å². The number of ether oxygens (including phenoxy) is 1. The number of nitrogens with two attached hydrogens (primary N) is 1.